The number of hydrogen-bond acceptors (Lipinski definition) is 1. The Morgan fingerprint density at radius 2 is 1.67 bits per heavy atom. The van der Waals surface area contributed by atoms with Crippen LogP contribution in [0.25, 0.3) is 0 Å². The second kappa shape index (κ2) is 2.95. The molecule has 1 aliphatic carbocycles. The SMILES string of the molecule is CC1(C)CCCCC1(O)C(F)F. The normalized spacial score (nSPS) is 35.5. The number of halogens is 2. The van der Waals surface area contributed by atoms with E-state index in [4.69, 9.17) is 0 Å². The molecule has 0 spiro atoms. The van der Waals surface area contributed by atoms with E-state index in [1.807, 2.05) is 0 Å². The molecule has 0 aromatic rings. The largest absolute Gasteiger partial charge is 0.383 e. The number of aliphatic hydroxyl groups is 1. The molecule has 0 aromatic carbocycles. The van der Waals surface area contributed by atoms with E-state index in [1.165, 1.54) is 0 Å². The molecule has 0 bridgehead atoms. The van der Waals surface area contributed by atoms with Crippen LogP contribution in [-0.4, -0.2) is 17.1 Å². The lowest BCUT2D eigenvalue weighted by atomic mass is 9.65. The van der Waals surface area contributed by atoms with E-state index in [2.05, 4.69) is 0 Å². The molecule has 0 aliphatic heterocycles. The highest BCUT2D eigenvalue weighted by Crippen LogP contribution is 2.46. The van der Waals surface area contributed by atoms with Crippen molar-refractivity contribution in [3.63, 3.8) is 0 Å². The van der Waals surface area contributed by atoms with Crippen molar-refractivity contribution >= 4 is 0 Å². The summed E-state index contributed by atoms with van der Waals surface area (Å²) in [4.78, 5) is 0. The van der Waals surface area contributed by atoms with Crippen LogP contribution in [0, 0.1) is 5.41 Å². The molecule has 3 heteroatoms. The first-order chi connectivity index (χ1) is 5.40. The van der Waals surface area contributed by atoms with Gasteiger partial charge < -0.3 is 5.11 Å². The highest BCUT2D eigenvalue weighted by molar-refractivity contribution is 4.98. The monoisotopic (exact) mass is 178 g/mol. The molecule has 1 rings (SSSR count). The number of alkyl halides is 2. The van der Waals surface area contributed by atoms with Crippen LogP contribution in [0.4, 0.5) is 8.78 Å². The summed E-state index contributed by atoms with van der Waals surface area (Å²) < 4.78 is 25.1. The van der Waals surface area contributed by atoms with Gasteiger partial charge in [0.05, 0.1) is 0 Å². The predicted octanol–water partition coefficient (Wildman–Crippen LogP) is 2.58. The van der Waals surface area contributed by atoms with Gasteiger partial charge in [-0.05, 0) is 18.3 Å². The Kier molecular flexibility index (Phi) is 2.43. The minimum absolute atomic E-state index is 0.234. The van der Waals surface area contributed by atoms with Gasteiger partial charge in [0.1, 0.15) is 5.60 Å². The van der Waals surface area contributed by atoms with Gasteiger partial charge in [0.15, 0.2) is 0 Å². The van der Waals surface area contributed by atoms with Crippen molar-refractivity contribution in [3.05, 3.63) is 0 Å². The predicted molar refractivity (Wildman–Crippen MR) is 43.2 cm³/mol. The topological polar surface area (TPSA) is 20.2 Å². The van der Waals surface area contributed by atoms with Crippen LogP contribution in [0.15, 0.2) is 0 Å². The van der Waals surface area contributed by atoms with Crippen molar-refractivity contribution in [3.8, 4) is 0 Å². The molecule has 1 saturated carbocycles. The smallest absolute Gasteiger partial charge is 0.267 e. The average molecular weight is 178 g/mol. The molecule has 1 N–H and O–H groups in total. The summed E-state index contributed by atoms with van der Waals surface area (Å²) in [5.74, 6) is 0. The highest BCUT2D eigenvalue weighted by atomic mass is 19.3. The van der Waals surface area contributed by atoms with Gasteiger partial charge in [-0.15, -0.1) is 0 Å². The van der Waals surface area contributed by atoms with Gasteiger partial charge in [0.25, 0.3) is 6.43 Å². The third-order valence-electron chi connectivity index (χ3n) is 3.14. The molecular weight excluding hydrogens is 162 g/mol. The Bertz CT molecular complexity index is 168. The molecule has 0 aromatic heterocycles. The maximum Gasteiger partial charge on any atom is 0.267 e. The molecule has 0 saturated heterocycles. The van der Waals surface area contributed by atoms with E-state index in [9.17, 15) is 13.9 Å². The summed E-state index contributed by atoms with van der Waals surface area (Å²) in [6.45, 7) is 3.44. The van der Waals surface area contributed by atoms with Crippen molar-refractivity contribution in [1.82, 2.24) is 0 Å². The first-order valence-electron chi connectivity index (χ1n) is 4.41. The standard InChI is InChI=1S/C9H16F2O/c1-8(2)5-3-4-6-9(8,12)7(10)11/h7,12H,3-6H2,1-2H3. The van der Waals surface area contributed by atoms with E-state index in [-0.39, 0.29) is 6.42 Å². The van der Waals surface area contributed by atoms with Gasteiger partial charge in [0, 0.05) is 0 Å². The number of rotatable bonds is 1. The summed E-state index contributed by atoms with van der Waals surface area (Å²) in [5.41, 5.74) is -2.40. The van der Waals surface area contributed by atoms with Crippen LogP contribution >= 0.6 is 0 Å². The molecular formula is C9H16F2O. The maximum absolute atomic E-state index is 12.6. The molecule has 0 radical (unpaired) electrons. The highest BCUT2D eigenvalue weighted by Gasteiger charge is 2.51. The summed E-state index contributed by atoms with van der Waals surface area (Å²) in [5, 5.41) is 9.73. The quantitative estimate of drug-likeness (QED) is 0.654. The second-order valence-corrected chi connectivity index (χ2v) is 4.32. The fourth-order valence-electron chi connectivity index (χ4n) is 1.92. The molecule has 1 aliphatic rings. The molecule has 12 heavy (non-hydrogen) atoms. The molecule has 1 fully saturated rings. The van der Waals surface area contributed by atoms with Gasteiger partial charge >= 0.3 is 0 Å². The van der Waals surface area contributed by atoms with Gasteiger partial charge in [-0.2, -0.15) is 0 Å². The van der Waals surface area contributed by atoms with Crippen LogP contribution in [0.3, 0.4) is 0 Å². The third kappa shape index (κ3) is 1.35. The van der Waals surface area contributed by atoms with Crippen molar-refractivity contribution in [2.24, 2.45) is 5.41 Å². The number of hydrogen-bond donors (Lipinski definition) is 1. The molecule has 0 heterocycles. The van der Waals surface area contributed by atoms with Gasteiger partial charge in [0.2, 0.25) is 0 Å². The Hall–Kier alpha value is -0.180. The Morgan fingerprint density at radius 1 is 1.17 bits per heavy atom. The second-order valence-electron chi connectivity index (χ2n) is 4.32. The van der Waals surface area contributed by atoms with Crippen LogP contribution in [-0.2, 0) is 0 Å². The van der Waals surface area contributed by atoms with Gasteiger partial charge in [-0.25, -0.2) is 8.78 Å². The lowest BCUT2D eigenvalue weighted by Crippen LogP contribution is -2.52. The van der Waals surface area contributed by atoms with Crippen LogP contribution in [0.5, 0.6) is 0 Å². The fourth-order valence-corrected chi connectivity index (χ4v) is 1.92. The summed E-state index contributed by atoms with van der Waals surface area (Å²) in [7, 11) is 0. The van der Waals surface area contributed by atoms with Gasteiger partial charge in [-0.1, -0.05) is 26.7 Å². The van der Waals surface area contributed by atoms with Crippen LogP contribution in [0.2, 0.25) is 0 Å². The van der Waals surface area contributed by atoms with Crippen molar-refractivity contribution in [1.29, 1.82) is 0 Å². The minimum Gasteiger partial charge on any atom is -0.383 e. The van der Waals surface area contributed by atoms with Crippen LogP contribution in [0.1, 0.15) is 39.5 Å². The van der Waals surface area contributed by atoms with Crippen molar-refractivity contribution in [2.75, 3.05) is 0 Å². The van der Waals surface area contributed by atoms with E-state index < -0.39 is 17.4 Å². The fraction of sp³-hybridized carbons (Fsp3) is 1.00. The molecule has 0 amide bonds. The first kappa shape index (κ1) is 9.90. The Labute approximate surface area is 71.8 Å². The molecule has 1 atom stereocenters. The van der Waals surface area contributed by atoms with Crippen LogP contribution < -0.4 is 0 Å². The Balaban J connectivity index is 2.84. The third-order valence-corrected chi connectivity index (χ3v) is 3.14. The Morgan fingerprint density at radius 3 is 2.00 bits per heavy atom. The summed E-state index contributed by atoms with van der Waals surface area (Å²) in [6, 6.07) is 0. The zero-order chi connectivity index (χ0) is 9.41. The van der Waals surface area contributed by atoms with E-state index >= 15 is 0 Å². The summed E-state index contributed by atoms with van der Waals surface area (Å²) >= 11 is 0. The average Bonchev–Trinajstić information content (AvgIpc) is 1.95. The minimum atomic E-state index is -2.62. The lowest BCUT2D eigenvalue weighted by Gasteiger charge is -2.45. The van der Waals surface area contributed by atoms with E-state index in [1.54, 1.807) is 13.8 Å². The molecule has 72 valence electrons. The van der Waals surface area contributed by atoms with Crippen molar-refractivity contribution in [2.45, 2.75) is 51.6 Å². The van der Waals surface area contributed by atoms with E-state index in [0.717, 1.165) is 6.42 Å². The lowest BCUT2D eigenvalue weighted by molar-refractivity contribution is -0.183. The van der Waals surface area contributed by atoms with Crippen molar-refractivity contribution < 1.29 is 13.9 Å². The first-order valence-corrected chi connectivity index (χ1v) is 4.41. The van der Waals surface area contributed by atoms with E-state index in [0.29, 0.717) is 12.8 Å². The van der Waals surface area contributed by atoms with Gasteiger partial charge in [-0.3, -0.25) is 0 Å². The zero-order valence-corrected chi connectivity index (χ0v) is 7.61. The summed E-state index contributed by atoms with van der Waals surface area (Å²) in [6.07, 6.45) is -0.0366. The molecule has 1 unspecified atom stereocenters. The zero-order valence-electron chi connectivity index (χ0n) is 7.61. The molecule has 1 nitrogen and oxygen atoms in total. The maximum atomic E-state index is 12.6.